The van der Waals surface area contributed by atoms with Crippen LogP contribution in [0.5, 0.6) is 5.19 Å². The van der Waals surface area contributed by atoms with E-state index in [9.17, 15) is 10.1 Å². The smallest absolute Gasteiger partial charge is 0.273 e. The van der Waals surface area contributed by atoms with Crippen molar-refractivity contribution in [1.82, 2.24) is 20.2 Å². The van der Waals surface area contributed by atoms with Crippen LogP contribution in [-0.2, 0) is 0 Å². The van der Waals surface area contributed by atoms with Crippen molar-refractivity contribution in [3.8, 4) is 17.3 Å². The number of carbonyl (C=O) groups excluding carboxylic acids is 1. The molecule has 172 valence electrons. The lowest BCUT2D eigenvalue weighted by molar-refractivity contribution is 0.0936. The van der Waals surface area contributed by atoms with E-state index in [2.05, 4.69) is 26.3 Å². The minimum absolute atomic E-state index is 0.0247. The van der Waals surface area contributed by atoms with E-state index in [0.717, 1.165) is 23.4 Å². The van der Waals surface area contributed by atoms with E-state index in [4.69, 9.17) is 10.00 Å². The molecule has 0 bridgehead atoms. The molecule has 0 spiro atoms. The molecule has 1 aliphatic heterocycles. The van der Waals surface area contributed by atoms with Gasteiger partial charge in [0.1, 0.15) is 11.8 Å². The summed E-state index contributed by atoms with van der Waals surface area (Å²) in [6.07, 6.45) is 4.11. The van der Waals surface area contributed by atoms with Gasteiger partial charge in [-0.05, 0) is 50.1 Å². The van der Waals surface area contributed by atoms with Crippen LogP contribution >= 0.6 is 11.3 Å². The van der Waals surface area contributed by atoms with Crippen molar-refractivity contribution < 1.29 is 9.53 Å². The van der Waals surface area contributed by atoms with E-state index >= 15 is 0 Å². The van der Waals surface area contributed by atoms with Crippen LogP contribution in [0.15, 0.2) is 48.8 Å². The maximum absolute atomic E-state index is 12.7. The number of pyridine rings is 1. The number of likely N-dealkylation sites (tertiary alicyclic amines) is 1. The number of nitriles is 2. The largest absolute Gasteiger partial charge is 0.467 e. The Balaban J connectivity index is 1.52. The molecule has 1 fully saturated rings. The number of benzene rings is 1. The third kappa shape index (κ3) is 5.40. The molecule has 8 nitrogen and oxygen atoms in total. The van der Waals surface area contributed by atoms with Gasteiger partial charge in [-0.2, -0.15) is 10.5 Å². The molecular weight excluding hydrogens is 448 g/mol. The highest BCUT2D eigenvalue weighted by Crippen LogP contribution is 2.37. The topological polar surface area (TPSA) is 115 Å². The van der Waals surface area contributed by atoms with Crippen LogP contribution in [-0.4, -0.2) is 46.0 Å². The highest BCUT2D eigenvalue weighted by atomic mass is 32.1. The van der Waals surface area contributed by atoms with Crippen LogP contribution in [0.3, 0.4) is 0 Å². The van der Waals surface area contributed by atoms with Crippen molar-refractivity contribution in [2.75, 3.05) is 13.1 Å². The molecule has 1 aromatic carbocycles. The Kier molecular flexibility index (Phi) is 7.17. The number of amides is 1. The van der Waals surface area contributed by atoms with Crippen molar-refractivity contribution in [2.45, 2.75) is 38.5 Å². The second-order valence-corrected chi connectivity index (χ2v) is 9.35. The van der Waals surface area contributed by atoms with E-state index in [-0.39, 0.29) is 29.8 Å². The van der Waals surface area contributed by atoms with E-state index in [1.54, 1.807) is 6.07 Å². The second-order valence-electron chi connectivity index (χ2n) is 8.33. The number of ether oxygens (including phenoxy) is 1. The molecule has 0 radical (unpaired) electrons. The molecule has 2 aromatic heterocycles. The fourth-order valence-corrected chi connectivity index (χ4v) is 5.00. The molecule has 1 unspecified atom stereocenters. The fourth-order valence-electron chi connectivity index (χ4n) is 3.95. The normalized spacial score (nSPS) is 16.6. The fraction of sp³-hybridized carbons (Fsp3) is 0.320. The molecule has 9 heteroatoms. The Morgan fingerprint density at radius 2 is 1.94 bits per heavy atom. The van der Waals surface area contributed by atoms with Crippen LogP contribution in [0.25, 0.3) is 0 Å². The standard InChI is InChI=1S/C25H24N6O2S/c1-16(2)33-25-29-14-22(34-25)23(18-5-3-17(11-26)4-6-18)31-10-9-21(15-31)30-24(32)19-7-8-20(12-27)28-13-19/h3-8,13-14,16,21,23H,9-10,15H2,1-2H3,(H,30,32)/t21-,23?/m1/s1. The summed E-state index contributed by atoms with van der Waals surface area (Å²) in [4.78, 5) is 24.5. The number of hydrogen-bond donors (Lipinski definition) is 1. The highest BCUT2D eigenvalue weighted by Gasteiger charge is 2.32. The summed E-state index contributed by atoms with van der Waals surface area (Å²) >= 11 is 1.51. The summed E-state index contributed by atoms with van der Waals surface area (Å²) in [6.45, 7) is 5.39. The van der Waals surface area contributed by atoms with Gasteiger partial charge < -0.3 is 10.1 Å². The molecule has 1 saturated heterocycles. The average Bonchev–Trinajstić information content (AvgIpc) is 3.49. The zero-order chi connectivity index (χ0) is 24.1. The first-order valence-electron chi connectivity index (χ1n) is 11.0. The maximum atomic E-state index is 12.7. The monoisotopic (exact) mass is 472 g/mol. The van der Waals surface area contributed by atoms with E-state index in [1.807, 2.05) is 50.4 Å². The summed E-state index contributed by atoms with van der Waals surface area (Å²) in [5, 5.41) is 21.8. The number of hydrogen-bond acceptors (Lipinski definition) is 8. The number of aromatic nitrogens is 2. The molecule has 3 heterocycles. The van der Waals surface area contributed by atoms with Crippen LogP contribution < -0.4 is 10.1 Å². The Labute approximate surface area is 202 Å². The number of rotatable bonds is 7. The van der Waals surface area contributed by atoms with Crippen molar-refractivity contribution in [1.29, 1.82) is 10.5 Å². The van der Waals surface area contributed by atoms with Crippen LogP contribution in [0.1, 0.15) is 58.4 Å². The lowest BCUT2D eigenvalue weighted by Gasteiger charge is -2.27. The van der Waals surface area contributed by atoms with Gasteiger partial charge in [-0.15, -0.1) is 0 Å². The summed E-state index contributed by atoms with van der Waals surface area (Å²) in [5.74, 6) is -0.204. The molecular formula is C25H24N6O2S. The maximum Gasteiger partial charge on any atom is 0.273 e. The second kappa shape index (κ2) is 10.4. The van der Waals surface area contributed by atoms with Crippen LogP contribution in [0, 0.1) is 22.7 Å². The van der Waals surface area contributed by atoms with E-state index in [0.29, 0.717) is 22.9 Å². The summed E-state index contributed by atoms with van der Waals surface area (Å²) < 4.78 is 5.78. The molecule has 4 rings (SSSR count). The molecule has 1 N–H and O–H groups in total. The molecule has 34 heavy (non-hydrogen) atoms. The van der Waals surface area contributed by atoms with Gasteiger partial charge in [0.25, 0.3) is 11.1 Å². The predicted octanol–water partition coefficient (Wildman–Crippen LogP) is 3.66. The molecule has 0 saturated carbocycles. The van der Waals surface area contributed by atoms with Gasteiger partial charge in [-0.3, -0.25) is 9.69 Å². The molecule has 1 amide bonds. The third-order valence-corrected chi connectivity index (χ3v) is 6.46. The Morgan fingerprint density at radius 3 is 2.59 bits per heavy atom. The Morgan fingerprint density at radius 1 is 1.15 bits per heavy atom. The zero-order valence-corrected chi connectivity index (χ0v) is 19.7. The number of nitrogens with zero attached hydrogens (tertiary/aromatic N) is 5. The number of nitrogens with one attached hydrogen (secondary N) is 1. The lowest BCUT2D eigenvalue weighted by Crippen LogP contribution is -2.38. The highest BCUT2D eigenvalue weighted by molar-refractivity contribution is 7.13. The Bertz CT molecular complexity index is 1220. The number of thiazole rings is 1. The lowest BCUT2D eigenvalue weighted by atomic mass is 10.0. The quantitative estimate of drug-likeness (QED) is 0.558. The molecule has 3 aromatic rings. The minimum atomic E-state index is -0.204. The average molecular weight is 473 g/mol. The van der Waals surface area contributed by atoms with Crippen LogP contribution in [0.4, 0.5) is 0 Å². The van der Waals surface area contributed by atoms with Gasteiger partial charge in [-0.25, -0.2) is 9.97 Å². The Hall–Kier alpha value is -3.79. The van der Waals surface area contributed by atoms with Gasteiger partial charge >= 0.3 is 0 Å². The SMILES string of the molecule is CC(C)Oc1ncc(C(c2ccc(C#N)cc2)N2CC[C@@H](NC(=O)c3ccc(C#N)nc3)C2)s1. The van der Waals surface area contributed by atoms with E-state index < -0.39 is 0 Å². The first-order valence-corrected chi connectivity index (χ1v) is 11.8. The van der Waals surface area contributed by atoms with Crippen molar-refractivity contribution in [3.05, 3.63) is 76.1 Å². The van der Waals surface area contributed by atoms with Crippen molar-refractivity contribution in [3.63, 3.8) is 0 Å². The first-order chi connectivity index (χ1) is 16.5. The summed E-state index contributed by atoms with van der Waals surface area (Å²) in [6, 6.07) is 14.8. The van der Waals surface area contributed by atoms with Crippen LogP contribution in [0.2, 0.25) is 0 Å². The zero-order valence-electron chi connectivity index (χ0n) is 18.9. The molecule has 2 atom stereocenters. The van der Waals surface area contributed by atoms with Gasteiger partial charge in [-0.1, -0.05) is 23.5 Å². The number of carbonyl (C=O) groups is 1. The van der Waals surface area contributed by atoms with Crippen molar-refractivity contribution >= 4 is 17.2 Å². The predicted molar refractivity (Wildman–Crippen MR) is 127 cm³/mol. The molecule has 1 aliphatic rings. The third-order valence-electron chi connectivity index (χ3n) is 5.52. The van der Waals surface area contributed by atoms with Gasteiger partial charge in [0.2, 0.25) is 0 Å². The van der Waals surface area contributed by atoms with E-state index in [1.165, 1.54) is 23.6 Å². The summed E-state index contributed by atoms with van der Waals surface area (Å²) in [7, 11) is 0. The van der Waals surface area contributed by atoms with Gasteiger partial charge in [0, 0.05) is 36.4 Å². The van der Waals surface area contributed by atoms with Crippen molar-refractivity contribution in [2.24, 2.45) is 0 Å². The summed E-state index contributed by atoms with van der Waals surface area (Å²) in [5.41, 5.74) is 2.37. The molecule has 0 aliphatic carbocycles. The van der Waals surface area contributed by atoms with Gasteiger partial charge in [0.15, 0.2) is 0 Å². The first kappa shape index (κ1) is 23.4. The minimum Gasteiger partial charge on any atom is -0.467 e. The van der Waals surface area contributed by atoms with Gasteiger partial charge in [0.05, 0.1) is 29.3 Å².